The lowest BCUT2D eigenvalue weighted by Gasteiger charge is -2.13. The van der Waals surface area contributed by atoms with E-state index in [1.165, 1.54) is 18.2 Å². The molecule has 0 saturated heterocycles. The molecule has 0 radical (unpaired) electrons. The van der Waals surface area contributed by atoms with Crippen molar-refractivity contribution in [2.75, 3.05) is 0 Å². The second kappa shape index (κ2) is 6.42. The van der Waals surface area contributed by atoms with Gasteiger partial charge in [-0.1, -0.05) is 12.1 Å². The van der Waals surface area contributed by atoms with Crippen LogP contribution in [0.25, 0.3) is 0 Å². The third-order valence-electron chi connectivity index (χ3n) is 2.29. The van der Waals surface area contributed by atoms with Gasteiger partial charge in [0, 0.05) is 19.0 Å². The summed E-state index contributed by atoms with van der Waals surface area (Å²) >= 11 is 0. The molecule has 0 saturated carbocycles. The highest BCUT2D eigenvalue weighted by Gasteiger charge is 2.31. The topological polar surface area (TPSA) is 64.4 Å². The molecule has 4 nitrogen and oxygen atoms in total. The Balaban J connectivity index is 2.55. The third kappa shape index (κ3) is 6.66. The van der Waals surface area contributed by atoms with E-state index in [-0.39, 0.29) is 18.2 Å². The summed E-state index contributed by atoms with van der Waals surface area (Å²) in [5, 5.41) is 2.98. The highest BCUT2D eigenvalue weighted by molar-refractivity contribution is 5.74. The maximum Gasteiger partial charge on any atom is 0.573 e. The Kier molecular flexibility index (Phi) is 5.17. The molecule has 1 unspecified atom stereocenters. The van der Waals surface area contributed by atoms with Gasteiger partial charge in [-0.05, 0) is 24.6 Å². The van der Waals surface area contributed by atoms with E-state index in [1.54, 1.807) is 13.0 Å². The van der Waals surface area contributed by atoms with Gasteiger partial charge in [-0.25, -0.2) is 0 Å². The van der Waals surface area contributed by atoms with E-state index in [9.17, 15) is 18.0 Å². The van der Waals surface area contributed by atoms with Crippen molar-refractivity contribution in [1.29, 1.82) is 0 Å². The summed E-state index contributed by atoms with van der Waals surface area (Å²) in [7, 11) is 0. The molecule has 1 aromatic rings. The van der Waals surface area contributed by atoms with Crippen LogP contribution in [0, 0.1) is 0 Å². The van der Waals surface area contributed by atoms with Gasteiger partial charge < -0.3 is 15.8 Å². The third-order valence-corrected chi connectivity index (χ3v) is 2.29. The number of nitrogens with two attached hydrogens (primary N) is 1. The first-order valence-electron chi connectivity index (χ1n) is 5.62. The van der Waals surface area contributed by atoms with Crippen LogP contribution in [0.15, 0.2) is 24.3 Å². The molecule has 106 valence electrons. The van der Waals surface area contributed by atoms with Crippen LogP contribution in [0.5, 0.6) is 5.75 Å². The van der Waals surface area contributed by atoms with Crippen LogP contribution in [-0.4, -0.2) is 18.3 Å². The molecule has 0 fully saturated rings. The smallest absolute Gasteiger partial charge is 0.406 e. The highest BCUT2D eigenvalue weighted by Crippen LogP contribution is 2.23. The molecule has 19 heavy (non-hydrogen) atoms. The summed E-state index contributed by atoms with van der Waals surface area (Å²) in [6.07, 6.45) is -4.54. The molecular weight excluding hydrogens is 261 g/mol. The number of rotatable bonds is 6. The highest BCUT2D eigenvalue weighted by atomic mass is 19.4. The Morgan fingerprint density at radius 1 is 1.47 bits per heavy atom. The average molecular weight is 276 g/mol. The van der Waals surface area contributed by atoms with Gasteiger partial charge in [0.05, 0.1) is 0 Å². The summed E-state index contributed by atoms with van der Waals surface area (Å²) in [5.74, 6) is -0.705. The van der Waals surface area contributed by atoms with Gasteiger partial charge in [0.2, 0.25) is 5.91 Å². The molecule has 0 aliphatic heterocycles. The van der Waals surface area contributed by atoms with E-state index in [2.05, 4.69) is 10.1 Å². The summed E-state index contributed by atoms with van der Waals surface area (Å²) in [5.41, 5.74) is 5.66. The number of ether oxygens (including phenoxy) is 1. The Hall–Kier alpha value is -1.76. The zero-order chi connectivity index (χ0) is 14.5. The van der Waals surface area contributed by atoms with Gasteiger partial charge in [-0.3, -0.25) is 4.79 Å². The number of carbonyl (C=O) groups is 1. The van der Waals surface area contributed by atoms with E-state index in [0.29, 0.717) is 12.1 Å². The van der Waals surface area contributed by atoms with E-state index >= 15 is 0 Å². The fourth-order valence-corrected chi connectivity index (χ4v) is 1.52. The number of amides is 1. The van der Waals surface area contributed by atoms with Crippen LogP contribution < -0.4 is 15.8 Å². The number of primary amides is 1. The largest absolute Gasteiger partial charge is 0.573 e. The number of carbonyl (C=O) groups excluding carboxylic acids is 1. The Labute approximate surface area is 108 Å². The zero-order valence-corrected chi connectivity index (χ0v) is 10.3. The predicted octanol–water partition coefficient (Wildman–Crippen LogP) is 1.94. The number of hydrogen-bond donors (Lipinski definition) is 2. The molecule has 3 N–H and O–H groups in total. The minimum Gasteiger partial charge on any atom is -0.406 e. The first-order chi connectivity index (χ1) is 8.76. The number of benzene rings is 1. The van der Waals surface area contributed by atoms with Crippen molar-refractivity contribution in [3.63, 3.8) is 0 Å². The zero-order valence-electron chi connectivity index (χ0n) is 10.3. The predicted molar refractivity (Wildman–Crippen MR) is 63.2 cm³/mol. The minimum absolute atomic E-state index is 0.148. The second-order valence-electron chi connectivity index (χ2n) is 4.15. The van der Waals surface area contributed by atoms with Crippen molar-refractivity contribution >= 4 is 5.91 Å². The van der Waals surface area contributed by atoms with Gasteiger partial charge in [0.25, 0.3) is 0 Å². The van der Waals surface area contributed by atoms with Crippen LogP contribution >= 0.6 is 0 Å². The average Bonchev–Trinajstić information content (AvgIpc) is 2.23. The lowest BCUT2D eigenvalue weighted by atomic mass is 10.2. The molecule has 0 bridgehead atoms. The normalized spacial score (nSPS) is 13.1. The van der Waals surface area contributed by atoms with Crippen LogP contribution in [-0.2, 0) is 11.3 Å². The van der Waals surface area contributed by atoms with E-state index in [1.807, 2.05) is 0 Å². The maximum atomic E-state index is 12.0. The van der Waals surface area contributed by atoms with E-state index in [4.69, 9.17) is 5.73 Å². The molecule has 1 rings (SSSR count). The minimum atomic E-state index is -4.70. The number of nitrogens with one attached hydrogen (secondary N) is 1. The van der Waals surface area contributed by atoms with Crippen molar-refractivity contribution in [3.05, 3.63) is 29.8 Å². The van der Waals surface area contributed by atoms with E-state index < -0.39 is 12.3 Å². The molecule has 0 aliphatic rings. The first kappa shape index (κ1) is 15.3. The summed E-state index contributed by atoms with van der Waals surface area (Å²) in [6, 6.07) is 5.50. The summed E-state index contributed by atoms with van der Waals surface area (Å²) in [4.78, 5) is 10.7. The fourth-order valence-electron chi connectivity index (χ4n) is 1.52. The van der Waals surface area contributed by atoms with Crippen LogP contribution in [0.2, 0.25) is 0 Å². The first-order valence-corrected chi connectivity index (χ1v) is 5.62. The lowest BCUT2D eigenvalue weighted by Crippen LogP contribution is -2.30. The molecule has 0 heterocycles. The quantitative estimate of drug-likeness (QED) is 0.834. The number of alkyl halides is 3. The second-order valence-corrected chi connectivity index (χ2v) is 4.15. The van der Waals surface area contributed by atoms with Gasteiger partial charge in [0.1, 0.15) is 5.75 Å². The molecule has 1 aromatic carbocycles. The van der Waals surface area contributed by atoms with Crippen molar-refractivity contribution in [1.82, 2.24) is 5.32 Å². The van der Waals surface area contributed by atoms with E-state index in [0.717, 1.165) is 0 Å². The van der Waals surface area contributed by atoms with Crippen molar-refractivity contribution < 1.29 is 22.7 Å². The molecule has 0 aliphatic carbocycles. The number of hydrogen-bond acceptors (Lipinski definition) is 3. The Morgan fingerprint density at radius 3 is 2.74 bits per heavy atom. The van der Waals surface area contributed by atoms with Gasteiger partial charge >= 0.3 is 6.36 Å². The lowest BCUT2D eigenvalue weighted by molar-refractivity contribution is -0.274. The van der Waals surface area contributed by atoms with Crippen molar-refractivity contribution in [2.24, 2.45) is 5.73 Å². The van der Waals surface area contributed by atoms with Crippen LogP contribution in [0.1, 0.15) is 18.9 Å². The molecule has 0 aromatic heterocycles. The molecule has 1 atom stereocenters. The Morgan fingerprint density at radius 2 is 2.16 bits per heavy atom. The van der Waals surface area contributed by atoms with Crippen molar-refractivity contribution in [3.8, 4) is 5.75 Å². The Bertz CT molecular complexity index is 435. The monoisotopic (exact) mass is 276 g/mol. The van der Waals surface area contributed by atoms with Crippen molar-refractivity contribution in [2.45, 2.75) is 32.3 Å². The molecule has 0 spiro atoms. The fraction of sp³-hybridized carbons (Fsp3) is 0.417. The molecule has 1 amide bonds. The molecule has 7 heteroatoms. The maximum absolute atomic E-state index is 12.0. The van der Waals surface area contributed by atoms with Crippen LogP contribution in [0.4, 0.5) is 13.2 Å². The summed E-state index contributed by atoms with van der Waals surface area (Å²) < 4.78 is 39.9. The number of halogens is 3. The van der Waals surface area contributed by atoms with Gasteiger partial charge in [-0.2, -0.15) is 0 Å². The standard InChI is InChI=1S/C12H15F3N2O2/c1-8(5-11(16)18)17-7-9-3-2-4-10(6-9)19-12(13,14)15/h2-4,6,8,17H,5,7H2,1H3,(H2,16,18). The van der Waals surface area contributed by atoms with Gasteiger partial charge in [0.15, 0.2) is 0 Å². The van der Waals surface area contributed by atoms with Crippen LogP contribution in [0.3, 0.4) is 0 Å². The summed E-state index contributed by atoms with van der Waals surface area (Å²) in [6.45, 7) is 2.09. The SMILES string of the molecule is CC(CC(N)=O)NCc1cccc(OC(F)(F)F)c1. The van der Waals surface area contributed by atoms with Gasteiger partial charge in [-0.15, -0.1) is 13.2 Å². The molecular formula is C12H15F3N2O2.